The fraction of sp³-hybridized carbons (Fsp3) is 0.500. The molecule has 0 unspecified atom stereocenters. The lowest BCUT2D eigenvalue weighted by Crippen LogP contribution is -2.37. The Kier molecular flexibility index (Phi) is 5.52. The number of hydrogen-bond donors (Lipinski definition) is 2. The number of rotatable bonds is 3. The summed E-state index contributed by atoms with van der Waals surface area (Å²) < 4.78 is 27.6. The van der Waals surface area contributed by atoms with E-state index >= 15 is 0 Å². The normalized spacial score (nSPS) is 18.7. The maximum atomic E-state index is 13.6. The van der Waals surface area contributed by atoms with E-state index in [1.807, 2.05) is 0 Å². The molecule has 1 aromatic rings. The lowest BCUT2D eigenvalue weighted by atomic mass is 9.77. The lowest BCUT2D eigenvalue weighted by Gasteiger charge is -2.34. The summed E-state index contributed by atoms with van der Waals surface area (Å²) in [7, 11) is 0. The van der Waals surface area contributed by atoms with E-state index in [4.69, 9.17) is 5.73 Å². The maximum absolute atomic E-state index is 13.6. The van der Waals surface area contributed by atoms with E-state index in [-0.39, 0.29) is 23.9 Å². The molecule has 0 aromatic heterocycles. The van der Waals surface area contributed by atoms with Gasteiger partial charge in [-0.3, -0.25) is 0 Å². The van der Waals surface area contributed by atoms with Gasteiger partial charge in [0.25, 0.3) is 0 Å². The Bertz CT molecular complexity index is 406. The molecule has 0 spiro atoms. The average Bonchev–Trinajstić information content (AvgIpc) is 2.12. The first-order chi connectivity index (χ1) is 8.00. The summed E-state index contributed by atoms with van der Waals surface area (Å²) in [6.45, 7) is 0. The summed E-state index contributed by atoms with van der Waals surface area (Å²) in [5.74, 6) is -1.38. The summed E-state index contributed by atoms with van der Waals surface area (Å²) in [5, 5.41) is 9.94. The van der Waals surface area contributed by atoms with Crippen molar-refractivity contribution in [3.8, 4) is 0 Å². The minimum atomic E-state index is -1.01. The minimum Gasteiger partial charge on any atom is -0.391 e. The second kappa shape index (κ2) is 6.28. The molecule has 0 heterocycles. The van der Waals surface area contributed by atoms with Crippen LogP contribution in [0.25, 0.3) is 0 Å². The van der Waals surface area contributed by atoms with Gasteiger partial charge in [-0.05, 0) is 30.9 Å². The molecule has 0 aliphatic heterocycles. The number of aliphatic hydroxyl groups excluding tert-OH is 1. The summed E-state index contributed by atoms with van der Waals surface area (Å²) in [5.41, 5.74) is 5.53. The van der Waals surface area contributed by atoms with E-state index in [0.29, 0.717) is 4.47 Å². The number of benzene rings is 1. The number of hydrogen-bond acceptors (Lipinski definition) is 2. The molecule has 1 aromatic carbocycles. The summed E-state index contributed by atoms with van der Waals surface area (Å²) in [6, 6.07) is 1.31. The van der Waals surface area contributed by atoms with Crippen molar-refractivity contribution in [1.82, 2.24) is 0 Å². The molecule has 0 bridgehead atoms. The van der Waals surface area contributed by atoms with Crippen molar-refractivity contribution in [1.29, 1.82) is 0 Å². The monoisotopic (exact) mass is 341 g/mol. The molecule has 0 saturated heterocycles. The van der Waals surface area contributed by atoms with Crippen LogP contribution in [0.2, 0.25) is 0 Å². The number of aliphatic hydroxyl groups is 1. The third-order valence-corrected chi connectivity index (χ3v) is 3.84. The predicted molar refractivity (Wildman–Crippen MR) is 71.6 cm³/mol. The fourth-order valence-electron chi connectivity index (χ4n) is 2.12. The van der Waals surface area contributed by atoms with Crippen LogP contribution >= 0.6 is 28.3 Å². The molecule has 2 nitrogen and oxygen atoms in total. The highest BCUT2D eigenvalue weighted by atomic mass is 79.9. The standard InChI is InChI=1S/C12H14BrF2NO.ClH/c13-7-4-8(14)10(9(15)5-7)11(16)12(17)6-2-1-3-6;/h4-6,11-12,17H,1-3,16H2;1H/t11-,12+;/m1./s1. The topological polar surface area (TPSA) is 46.2 Å². The Hall–Kier alpha value is -0.230. The summed E-state index contributed by atoms with van der Waals surface area (Å²) >= 11 is 3.00. The van der Waals surface area contributed by atoms with E-state index in [9.17, 15) is 13.9 Å². The minimum absolute atomic E-state index is 0. The smallest absolute Gasteiger partial charge is 0.132 e. The lowest BCUT2D eigenvalue weighted by molar-refractivity contribution is 0.0395. The van der Waals surface area contributed by atoms with Gasteiger partial charge in [0.2, 0.25) is 0 Å². The molecule has 6 heteroatoms. The van der Waals surface area contributed by atoms with Gasteiger partial charge in [0, 0.05) is 10.0 Å². The van der Waals surface area contributed by atoms with Crippen LogP contribution in [-0.4, -0.2) is 11.2 Å². The van der Waals surface area contributed by atoms with E-state index in [2.05, 4.69) is 15.9 Å². The first kappa shape index (κ1) is 15.8. The van der Waals surface area contributed by atoms with Gasteiger partial charge >= 0.3 is 0 Å². The Morgan fingerprint density at radius 3 is 2.17 bits per heavy atom. The zero-order valence-corrected chi connectivity index (χ0v) is 12.0. The fourth-order valence-corrected chi connectivity index (χ4v) is 2.52. The first-order valence-electron chi connectivity index (χ1n) is 5.59. The molecule has 2 atom stereocenters. The van der Waals surface area contributed by atoms with Crippen LogP contribution in [0.15, 0.2) is 16.6 Å². The van der Waals surface area contributed by atoms with Crippen molar-refractivity contribution < 1.29 is 13.9 Å². The van der Waals surface area contributed by atoms with Crippen LogP contribution in [0.1, 0.15) is 30.9 Å². The van der Waals surface area contributed by atoms with Gasteiger partial charge in [-0.15, -0.1) is 12.4 Å². The van der Waals surface area contributed by atoms with Gasteiger partial charge in [-0.2, -0.15) is 0 Å². The number of halogens is 4. The third-order valence-electron chi connectivity index (χ3n) is 3.38. The van der Waals surface area contributed by atoms with Crippen LogP contribution in [0.4, 0.5) is 8.78 Å². The Morgan fingerprint density at radius 1 is 1.28 bits per heavy atom. The zero-order chi connectivity index (χ0) is 12.6. The van der Waals surface area contributed by atoms with Crippen molar-refractivity contribution in [3.05, 3.63) is 33.8 Å². The van der Waals surface area contributed by atoms with E-state index in [1.165, 1.54) is 0 Å². The third kappa shape index (κ3) is 3.02. The van der Waals surface area contributed by atoms with E-state index < -0.39 is 23.8 Å². The van der Waals surface area contributed by atoms with Gasteiger partial charge in [-0.1, -0.05) is 22.4 Å². The number of nitrogens with two attached hydrogens (primary N) is 1. The molecule has 1 aliphatic rings. The van der Waals surface area contributed by atoms with Gasteiger partial charge in [-0.25, -0.2) is 8.78 Å². The van der Waals surface area contributed by atoms with Crippen LogP contribution in [0.5, 0.6) is 0 Å². The van der Waals surface area contributed by atoms with Gasteiger partial charge in [0.15, 0.2) is 0 Å². The summed E-state index contributed by atoms with van der Waals surface area (Å²) in [6.07, 6.45) is 1.90. The van der Waals surface area contributed by atoms with Crippen LogP contribution in [0.3, 0.4) is 0 Å². The second-order valence-corrected chi connectivity index (χ2v) is 5.41. The molecule has 3 N–H and O–H groups in total. The highest BCUT2D eigenvalue weighted by molar-refractivity contribution is 9.10. The van der Waals surface area contributed by atoms with Crippen LogP contribution in [-0.2, 0) is 0 Å². The zero-order valence-electron chi connectivity index (χ0n) is 9.57. The second-order valence-electron chi connectivity index (χ2n) is 4.49. The van der Waals surface area contributed by atoms with Crippen molar-refractivity contribution >= 4 is 28.3 Å². The van der Waals surface area contributed by atoms with Gasteiger partial charge < -0.3 is 10.8 Å². The Labute approximate surface area is 119 Å². The Morgan fingerprint density at radius 2 is 1.78 bits per heavy atom. The molecule has 102 valence electrons. The predicted octanol–water partition coefficient (Wildman–Crippen LogP) is 3.31. The van der Waals surface area contributed by atoms with Crippen molar-refractivity contribution in [3.63, 3.8) is 0 Å². The molecular weight excluding hydrogens is 327 g/mol. The molecule has 1 aliphatic carbocycles. The van der Waals surface area contributed by atoms with E-state index in [0.717, 1.165) is 31.4 Å². The van der Waals surface area contributed by atoms with Crippen LogP contribution < -0.4 is 5.73 Å². The molecule has 1 fully saturated rings. The molecule has 1 saturated carbocycles. The molecule has 2 rings (SSSR count). The Balaban J connectivity index is 0.00000162. The highest BCUT2D eigenvalue weighted by Gasteiger charge is 2.33. The van der Waals surface area contributed by atoms with Crippen molar-refractivity contribution in [2.75, 3.05) is 0 Å². The summed E-state index contributed by atoms with van der Waals surface area (Å²) in [4.78, 5) is 0. The first-order valence-corrected chi connectivity index (χ1v) is 6.38. The van der Waals surface area contributed by atoms with Gasteiger partial charge in [0.1, 0.15) is 11.6 Å². The van der Waals surface area contributed by atoms with Gasteiger partial charge in [0.05, 0.1) is 12.1 Å². The largest absolute Gasteiger partial charge is 0.391 e. The average molecular weight is 343 g/mol. The maximum Gasteiger partial charge on any atom is 0.132 e. The molecule has 0 radical (unpaired) electrons. The van der Waals surface area contributed by atoms with Crippen molar-refractivity contribution in [2.24, 2.45) is 11.7 Å². The quantitative estimate of drug-likeness (QED) is 0.885. The molecular formula is C12H15BrClF2NO. The highest BCUT2D eigenvalue weighted by Crippen LogP contribution is 2.36. The molecule has 18 heavy (non-hydrogen) atoms. The van der Waals surface area contributed by atoms with Crippen LogP contribution in [0, 0.1) is 17.6 Å². The van der Waals surface area contributed by atoms with Crippen molar-refractivity contribution in [2.45, 2.75) is 31.4 Å². The SMILES string of the molecule is Cl.N[C@H](c1c(F)cc(Br)cc1F)[C@@H](O)C1CCC1. The molecule has 0 amide bonds. The van der Waals surface area contributed by atoms with E-state index in [1.54, 1.807) is 0 Å².